The average Bonchev–Trinajstić information content (AvgIpc) is 2.08. The molecule has 12 heavy (non-hydrogen) atoms. The molecular formula is C10H12FN. The van der Waals surface area contributed by atoms with Crippen molar-refractivity contribution in [3.63, 3.8) is 0 Å². The Balaban J connectivity index is 3.13. The lowest BCUT2D eigenvalue weighted by Crippen LogP contribution is -2.02. The van der Waals surface area contributed by atoms with E-state index in [1.807, 2.05) is 6.92 Å². The number of hydrogen-bond acceptors (Lipinski definition) is 1. The molecular weight excluding hydrogens is 153 g/mol. The summed E-state index contributed by atoms with van der Waals surface area (Å²) in [6.07, 6.45) is 0. The molecule has 0 radical (unpaired) electrons. The van der Waals surface area contributed by atoms with Crippen LogP contribution in [-0.4, -0.2) is 6.54 Å². The molecule has 0 fully saturated rings. The predicted octanol–water partition coefficient (Wildman–Crippen LogP) is 2.11. The summed E-state index contributed by atoms with van der Waals surface area (Å²) >= 11 is 0. The second-order valence-corrected chi connectivity index (χ2v) is 2.79. The van der Waals surface area contributed by atoms with Crippen molar-refractivity contribution in [1.29, 1.82) is 0 Å². The van der Waals surface area contributed by atoms with Gasteiger partial charge in [-0.25, -0.2) is 4.39 Å². The van der Waals surface area contributed by atoms with E-state index in [1.54, 1.807) is 12.1 Å². The predicted molar refractivity (Wildman–Crippen MR) is 49.2 cm³/mol. The van der Waals surface area contributed by atoms with Crippen LogP contribution in [0.25, 0.3) is 5.57 Å². The highest BCUT2D eigenvalue weighted by Crippen LogP contribution is 2.16. The SMILES string of the molecule is C=C(CN)c1cc(C)ccc1F. The quantitative estimate of drug-likeness (QED) is 0.713. The van der Waals surface area contributed by atoms with Crippen LogP contribution < -0.4 is 5.73 Å². The third-order valence-corrected chi connectivity index (χ3v) is 1.75. The van der Waals surface area contributed by atoms with E-state index < -0.39 is 0 Å². The van der Waals surface area contributed by atoms with Crippen molar-refractivity contribution in [1.82, 2.24) is 0 Å². The van der Waals surface area contributed by atoms with E-state index in [2.05, 4.69) is 6.58 Å². The molecule has 0 saturated heterocycles. The minimum absolute atomic E-state index is 0.254. The average molecular weight is 165 g/mol. The Morgan fingerprint density at radius 3 is 2.83 bits per heavy atom. The third-order valence-electron chi connectivity index (χ3n) is 1.75. The highest BCUT2D eigenvalue weighted by Gasteiger charge is 2.03. The van der Waals surface area contributed by atoms with Crippen LogP contribution in [0.1, 0.15) is 11.1 Å². The molecule has 0 aliphatic heterocycles. The minimum Gasteiger partial charge on any atom is -0.326 e. The maximum absolute atomic E-state index is 13.1. The van der Waals surface area contributed by atoms with E-state index in [0.717, 1.165) is 5.56 Å². The summed E-state index contributed by atoms with van der Waals surface area (Å²) in [5.74, 6) is -0.254. The number of nitrogens with two attached hydrogens (primary N) is 1. The Kier molecular flexibility index (Phi) is 2.61. The number of halogens is 1. The maximum atomic E-state index is 13.1. The zero-order chi connectivity index (χ0) is 9.14. The van der Waals surface area contributed by atoms with Crippen molar-refractivity contribution in [2.24, 2.45) is 5.73 Å². The largest absolute Gasteiger partial charge is 0.326 e. The third kappa shape index (κ3) is 1.71. The van der Waals surface area contributed by atoms with Crippen LogP contribution >= 0.6 is 0 Å². The van der Waals surface area contributed by atoms with Gasteiger partial charge >= 0.3 is 0 Å². The zero-order valence-corrected chi connectivity index (χ0v) is 7.10. The monoisotopic (exact) mass is 165 g/mol. The molecule has 1 nitrogen and oxygen atoms in total. The Hall–Kier alpha value is -1.15. The van der Waals surface area contributed by atoms with Gasteiger partial charge in [-0.05, 0) is 24.6 Å². The number of aryl methyl sites for hydroxylation is 1. The normalized spacial score (nSPS) is 9.92. The van der Waals surface area contributed by atoms with Crippen molar-refractivity contribution in [2.45, 2.75) is 6.92 Å². The molecule has 1 aromatic rings. The smallest absolute Gasteiger partial charge is 0.130 e. The van der Waals surface area contributed by atoms with Crippen LogP contribution in [0, 0.1) is 12.7 Å². The molecule has 0 spiro atoms. The molecule has 0 aromatic heterocycles. The van der Waals surface area contributed by atoms with E-state index in [1.165, 1.54) is 6.07 Å². The van der Waals surface area contributed by atoms with Crippen LogP contribution in [0.4, 0.5) is 4.39 Å². The van der Waals surface area contributed by atoms with Gasteiger partial charge in [-0.2, -0.15) is 0 Å². The minimum atomic E-state index is -0.254. The summed E-state index contributed by atoms with van der Waals surface area (Å²) in [6.45, 7) is 5.88. The van der Waals surface area contributed by atoms with E-state index in [9.17, 15) is 4.39 Å². The van der Waals surface area contributed by atoms with Gasteiger partial charge < -0.3 is 5.73 Å². The van der Waals surface area contributed by atoms with Gasteiger partial charge in [0, 0.05) is 12.1 Å². The molecule has 2 heteroatoms. The molecule has 0 unspecified atom stereocenters. The van der Waals surface area contributed by atoms with Crippen molar-refractivity contribution in [3.8, 4) is 0 Å². The molecule has 0 saturated carbocycles. The van der Waals surface area contributed by atoms with Gasteiger partial charge in [-0.15, -0.1) is 0 Å². The fourth-order valence-electron chi connectivity index (χ4n) is 1.02. The zero-order valence-electron chi connectivity index (χ0n) is 7.10. The fraction of sp³-hybridized carbons (Fsp3) is 0.200. The first-order valence-corrected chi connectivity index (χ1v) is 3.79. The van der Waals surface area contributed by atoms with Gasteiger partial charge in [-0.1, -0.05) is 18.2 Å². The van der Waals surface area contributed by atoms with Crippen LogP contribution in [0.5, 0.6) is 0 Å². The van der Waals surface area contributed by atoms with Crippen molar-refractivity contribution in [2.75, 3.05) is 6.54 Å². The molecule has 64 valence electrons. The second-order valence-electron chi connectivity index (χ2n) is 2.79. The summed E-state index contributed by atoms with van der Waals surface area (Å²) < 4.78 is 13.1. The lowest BCUT2D eigenvalue weighted by Gasteiger charge is -2.04. The van der Waals surface area contributed by atoms with Crippen molar-refractivity contribution in [3.05, 3.63) is 41.7 Å². The van der Waals surface area contributed by atoms with Gasteiger partial charge in [-0.3, -0.25) is 0 Å². The first kappa shape index (κ1) is 8.94. The van der Waals surface area contributed by atoms with E-state index >= 15 is 0 Å². The van der Waals surface area contributed by atoms with Gasteiger partial charge in [0.25, 0.3) is 0 Å². The number of hydrogen-bond donors (Lipinski definition) is 1. The second kappa shape index (κ2) is 3.50. The topological polar surface area (TPSA) is 26.0 Å². The van der Waals surface area contributed by atoms with Gasteiger partial charge in [0.1, 0.15) is 5.82 Å². The van der Waals surface area contributed by atoms with Crippen LogP contribution in [0.3, 0.4) is 0 Å². The lowest BCUT2D eigenvalue weighted by atomic mass is 10.0. The Labute approximate surface area is 71.7 Å². The van der Waals surface area contributed by atoms with Crippen molar-refractivity contribution >= 4 is 5.57 Å². The van der Waals surface area contributed by atoms with E-state index in [4.69, 9.17) is 5.73 Å². The lowest BCUT2D eigenvalue weighted by molar-refractivity contribution is 0.623. The molecule has 0 aliphatic rings. The summed E-state index contributed by atoms with van der Waals surface area (Å²) in [5, 5.41) is 0. The molecule has 0 bridgehead atoms. The molecule has 0 amide bonds. The van der Waals surface area contributed by atoms with Gasteiger partial charge in [0.2, 0.25) is 0 Å². The van der Waals surface area contributed by atoms with Gasteiger partial charge in [0.05, 0.1) is 0 Å². The van der Waals surface area contributed by atoms with Crippen LogP contribution in [0.2, 0.25) is 0 Å². The molecule has 1 aromatic carbocycles. The van der Waals surface area contributed by atoms with Crippen molar-refractivity contribution < 1.29 is 4.39 Å². The van der Waals surface area contributed by atoms with Crippen LogP contribution in [-0.2, 0) is 0 Å². The first-order chi connectivity index (χ1) is 5.65. The number of rotatable bonds is 2. The van der Waals surface area contributed by atoms with E-state index in [0.29, 0.717) is 17.7 Å². The molecule has 0 atom stereocenters. The Morgan fingerprint density at radius 1 is 1.58 bits per heavy atom. The fourth-order valence-corrected chi connectivity index (χ4v) is 1.02. The molecule has 0 heterocycles. The maximum Gasteiger partial charge on any atom is 0.130 e. The highest BCUT2D eigenvalue weighted by molar-refractivity contribution is 5.65. The standard InChI is InChI=1S/C10H12FN/c1-7-3-4-10(11)9(5-7)8(2)6-12/h3-5H,2,6,12H2,1H3. The first-order valence-electron chi connectivity index (χ1n) is 3.79. The Morgan fingerprint density at radius 2 is 2.25 bits per heavy atom. The molecule has 1 rings (SSSR count). The highest BCUT2D eigenvalue weighted by atomic mass is 19.1. The molecule has 0 aliphatic carbocycles. The summed E-state index contributed by atoms with van der Waals surface area (Å²) in [7, 11) is 0. The Bertz CT molecular complexity index is 305. The molecule has 2 N–H and O–H groups in total. The van der Waals surface area contributed by atoms with E-state index in [-0.39, 0.29) is 5.82 Å². The summed E-state index contributed by atoms with van der Waals surface area (Å²) in [5.41, 5.74) is 7.53. The van der Waals surface area contributed by atoms with Crippen LogP contribution in [0.15, 0.2) is 24.8 Å². The number of benzene rings is 1. The van der Waals surface area contributed by atoms with Gasteiger partial charge in [0.15, 0.2) is 0 Å². The summed E-state index contributed by atoms with van der Waals surface area (Å²) in [4.78, 5) is 0. The summed E-state index contributed by atoms with van der Waals surface area (Å²) in [6, 6.07) is 4.92.